The Morgan fingerprint density at radius 1 is 1.27 bits per heavy atom. The Balaban J connectivity index is 1.64. The molecule has 2 aromatic rings. The van der Waals surface area contributed by atoms with Crippen LogP contribution in [0.5, 0.6) is 5.75 Å². The summed E-state index contributed by atoms with van der Waals surface area (Å²) in [5.41, 5.74) is 8.72. The Hall–Kier alpha value is -2.91. The van der Waals surface area contributed by atoms with Gasteiger partial charge in [0.15, 0.2) is 5.82 Å². The van der Waals surface area contributed by atoms with Crippen LogP contribution in [0, 0.1) is 18.3 Å². The number of amides is 1. The number of aromatic hydroxyl groups is 1. The topological polar surface area (TPSA) is 101 Å². The third-order valence-electron chi connectivity index (χ3n) is 4.94. The van der Waals surface area contributed by atoms with Crippen LogP contribution in [0.25, 0.3) is 11.3 Å². The number of anilines is 1. The second-order valence-electron chi connectivity index (χ2n) is 7.04. The van der Waals surface area contributed by atoms with Gasteiger partial charge in [-0.25, -0.2) is 0 Å². The van der Waals surface area contributed by atoms with Gasteiger partial charge in [0, 0.05) is 11.1 Å². The van der Waals surface area contributed by atoms with E-state index in [-0.39, 0.29) is 17.6 Å². The number of hydrogen-bond acceptors (Lipinski definition) is 5. The third kappa shape index (κ3) is 3.26. The molecule has 2 aliphatic carbocycles. The van der Waals surface area contributed by atoms with E-state index >= 15 is 0 Å². The summed E-state index contributed by atoms with van der Waals surface area (Å²) >= 11 is 0. The van der Waals surface area contributed by atoms with Crippen molar-refractivity contribution in [3.8, 4) is 29.4 Å². The molecule has 6 nitrogen and oxygen atoms in total. The van der Waals surface area contributed by atoms with E-state index in [4.69, 9.17) is 12.2 Å². The number of phenols is 1. The summed E-state index contributed by atoms with van der Waals surface area (Å²) in [6.07, 6.45) is 9.48. The zero-order valence-electron chi connectivity index (χ0n) is 14.3. The van der Waals surface area contributed by atoms with Crippen LogP contribution in [0.4, 0.5) is 5.82 Å². The predicted octanol–water partition coefficient (Wildman–Crippen LogP) is 2.38. The highest BCUT2D eigenvalue weighted by molar-refractivity contribution is 5.94. The minimum Gasteiger partial charge on any atom is -0.507 e. The van der Waals surface area contributed by atoms with Crippen LogP contribution in [0.3, 0.4) is 0 Å². The third-order valence-corrected chi connectivity index (χ3v) is 4.94. The lowest BCUT2D eigenvalue weighted by atomic mass is 10.0. The Morgan fingerprint density at radius 2 is 2.04 bits per heavy atom. The minimum atomic E-state index is -0.499. The molecule has 0 saturated heterocycles. The molecule has 1 aromatic heterocycles. The summed E-state index contributed by atoms with van der Waals surface area (Å²) in [7, 11) is 0. The number of rotatable bonds is 5. The largest absolute Gasteiger partial charge is 0.507 e. The van der Waals surface area contributed by atoms with Crippen molar-refractivity contribution in [2.75, 3.05) is 5.32 Å². The zero-order chi connectivity index (χ0) is 18.3. The molecule has 6 heteroatoms. The second-order valence-corrected chi connectivity index (χ2v) is 7.04. The number of nitrogens with two attached hydrogens (primary N) is 1. The van der Waals surface area contributed by atoms with E-state index in [0.717, 1.165) is 31.2 Å². The standard InChI is InChI=1S/C20H20N4O2/c1-2-11-3-8-14(16(25)9-11)19-15(12-4-5-12)10-17(23-24-19)22-20(26)18(21)13-6-7-13/h1,3,8-10,12-13,18,25H,4-7,21H2,(H,22,23,26)/t18-/m1/s1. The average molecular weight is 348 g/mol. The van der Waals surface area contributed by atoms with Gasteiger partial charge in [-0.15, -0.1) is 16.6 Å². The summed E-state index contributed by atoms with van der Waals surface area (Å²) in [6.45, 7) is 0. The smallest absolute Gasteiger partial charge is 0.242 e. The van der Waals surface area contributed by atoms with Crippen LogP contribution in [-0.4, -0.2) is 27.3 Å². The normalized spacial score (nSPS) is 17.4. The first kappa shape index (κ1) is 16.6. The molecular formula is C20H20N4O2. The monoisotopic (exact) mass is 348 g/mol. The van der Waals surface area contributed by atoms with Crippen molar-refractivity contribution < 1.29 is 9.90 Å². The van der Waals surface area contributed by atoms with Crippen molar-refractivity contribution in [3.05, 3.63) is 35.4 Å². The van der Waals surface area contributed by atoms with Crippen LogP contribution in [0.1, 0.15) is 42.7 Å². The van der Waals surface area contributed by atoms with Crippen molar-refractivity contribution >= 4 is 11.7 Å². The molecule has 1 heterocycles. The van der Waals surface area contributed by atoms with Crippen molar-refractivity contribution in [2.45, 2.75) is 37.6 Å². The molecule has 2 saturated carbocycles. The van der Waals surface area contributed by atoms with Crippen molar-refractivity contribution in [1.82, 2.24) is 10.2 Å². The maximum atomic E-state index is 12.2. The van der Waals surface area contributed by atoms with Gasteiger partial charge < -0.3 is 16.2 Å². The van der Waals surface area contributed by atoms with E-state index in [1.165, 1.54) is 6.07 Å². The number of carbonyl (C=O) groups is 1. The first-order valence-electron chi connectivity index (χ1n) is 8.81. The van der Waals surface area contributed by atoms with Gasteiger partial charge in [-0.3, -0.25) is 4.79 Å². The molecule has 1 aromatic carbocycles. The zero-order valence-corrected chi connectivity index (χ0v) is 14.3. The van der Waals surface area contributed by atoms with Gasteiger partial charge in [0.25, 0.3) is 0 Å². The Bertz CT molecular complexity index is 911. The van der Waals surface area contributed by atoms with Crippen LogP contribution < -0.4 is 11.1 Å². The lowest BCUT2D eigenvalue weighted by molar-refractivity contribution is -0.117. The number of benzene rings is 1. The Kier molecular flexibility index (Phi) is 4.09. The summed E-state index contributed by atoms with van der Waals surface area (Å²) in [4.78, 5) is 12.2. The predicted molar refractivity (Wildman–Crippen MR) is 98.4 cm³/mol. The lowest BCUT2D eigenvalue weighted by Gasteiger charge is -2.13. The fourth-order valence-corrected chi connectivity index (χ4v) is 3.08. The van der Waals surface area contributed by atoms with Crippen LogP contribution in [-0.2, 0) is 4.79 Å². The maximum absolute atomic E-state index is 12.2. The number of hydrogen-bond donors (Lipinski definition) is 3. The van der Waals surface area contributed by atoms with Crippen molar-refractivity contribution in [3.63, 3.8) is 0 Å². The SMILES string of the molecule is C#Cc1ccc(-c2nnc(NC(=O)[C@H](N)C3CC3)cc2C2CC2)c(O)c1. The molecule has 26 heavy (non-hydrogen) atoms. The number of nitrogens with zero attached hydrogens (tertiary/aromatic N) is 2. The highest BCUT2D eigenvalue weighted by atomic mass is 16.3. The molecule has 0 aliphatic heterocycles. The van der Waals surface area contributed by atoms with E-state index in [0.29, 0.717) is 28.6 Å². The summed E-state index contributed by atoms with van der Waals surface area (Å²) < 4.78 is 0. The molecular weight excluding hydrogens is 328 g/mol. The molecule has 2 aliphatic rings. The number of nitrogens with one attached hydrogen (secondary N) is 1. The van der Waals surface area contributed by atoms with Gasteiger partial charge in [0.2, 0.25) is 5.91 Å². The molecule has 1 amide bonds. The van der Waals surface area contributed by atoms with Gasteiger partial charge >= 0.3 is 0 Å². The van der Waals surface area contributed by atoms with Crippen LogP contribution >= 0.6 is 0 Å². The van der Waals surface area contributed by atoms with Gasteiger partial charge in [-0.05, 0) is 67.3 Å². The fraction of sp³-hybridized carbons (Fsp3) is 0.350. The van der Waals surface area contributed by atoms with E-state index in [1.54, 1.807) is 12.1 Å². The molecule has 2 fully saturated rings. The first-order valence-corrected chi connectivity index (χ1v) is 8.81. The van der Waals surface area contributed by atoms with Crippen LogP contribution in [0.15, 0.2) is 24.3 Å². The molecule has 0 spiro atoms. The quantitative estimate of drug-likeness (QED) is 0.720. The summed E-state index contributed by atoms with van der Waals surface area (Å²) in [6, 6.07) is 6.39. The van der Waals surface area contributed by atoms with E-state index in [2.05, 4.69) is 21.4 Å². The molecule has 4 N–H and O–H groups in total. The van der Waals surface area contributed by atoms with Gasteiger partial charge in [-0.1, -0.05) is 5.92 Å². The minimum absolute atomic E-state index is 0.0733. The van der Waals surface area contributed by atoms with Crippen LogP contribution in [0.2, 0.25) is 0 Å². The molecule has 0 radical (unpaired) electrons. The van der Waals surface area contributed by atoms with Crippen molar-refractivity contribution in [2.24, 2.45) is 11.7 Å². The number of aromatic nitrogens is 2. The van der Waals surface area contributed by atoms with E-state index in [1.807, 2.05) is 6.07 Å². The molecule has 0 bridgehead atoms. The van der Waals surface area contributed by atoms with E-state index < -0.39 is 6.04 Å². The van der Waals surface area contributed by atoms with Crippen molar-refractivity contribution in [1.29, 1.82) is 0 Å². The highest BCUT2D eigenvalue weighted by Gasteiger charge is 2.34. The molecule has 132 valence electrons. The fourth-order valence-electron chi connectivity index (χ4n) is 3.08. The summed E-state index contributed by atoms with van der Waals surface area (Å²) in [5, 5.41) is 21.5. The second kappa shape index (κ2) is 6.43. The van der Waals surface area contributed by atoms with E-state index in [9.17, 15) is 9.90 Å². The van der Waals surface area contributed by atoms with Gasteiger partial charge in [-0.2, -0.15) is 0 Å². The highest BCUT2D eigenvalue weighted by Crippen LogP contribution is 2.45. The van der Waals surface area contributed by atoms with Gasteiger partial charge in [0.05, 0.1) is 6.04 Å². The number of phenolic OH excluding ortho intramolecular Hbond substituents is 1. The molecule has 1 atom stereocenters. The molecule has 0 unspecified atom stereocenters. The maximum Gasteiger partial charge on any atom is 0.242 e. The number of carbonyl (C=O) groups excluding carboxylic acids is 1. The lowest BCUT2D eigenvalue weighted by Crippen LogP contribution is -2.37. The average Bonchev–Trinajstić information content (AvgIpc) is 3.54. The Labute approximate surface area is 151 Å². The number of terminal acetylenes is 1. The summed E-state index contributed by atoms with van der Waals surface area (Å²) in [5.74, 6) is 3.38. The van der Waals surface area contributed by atoms with Gasteiger partial charge in [0.1, 0.15) is 11.4 Å². The first-order chi connectivity index (χ1) is 12.6. The molecule has 4 rings (SSSR count). The Morgan fingerprint density at radius 3 is 2.65 bits per heavy atom.